The van der Waals surface area contributed by atoms with Gasteiger partial charge in [-0.15, -0.1) is 0 Å². The van der Waals surface area contributed by atoms with Crippen molar-refractivity contribution in [2.24, 2.45) is 0 Å². The fourth-order valence-corrected chi connectivity index (χ4v) is 1.67. The fraction of sp³-hybridized carbons (Fsp3) is 0.125. The lowest BCUT2D eigenvalue weighted by molar-refractivity contribution is 1.21. The summed E-state index contributed by atoms with van der Waals surface area (Å²) in [4.78, 5) is 0. The van der Waals surface area contributed by atoms with Gasteiger partial charge < -0.3 is 0 Å². The molecule has 0 spiro atoms. The van der Waals surface area contributed by atoms with Crippen molar-refractivity contribution in [2.45, 2.75) is 12.8 Å². The predicted molar refractivity (Wildman–Crippen MR) is 69.4 cm³/mol. The minimum atomic E-state index is 1.02. The Hall–Kier alpha value is -1.82. The molecule has 0 nitrogen and oxygen atoms in total. The average Bonchev–Trinajstić information content (AvgIpc) is 2.37. The Morgan fingerprint density at radius 1 is 0.562 bits per heavy atom. The van der Waals surface area contributed by atoms with E-state index in [1.165, 1.54) is 11.1 Å². The van der Waals surface area contributed by atoms with Crippen LogP contribution in [0.2, 0.25) is 0 Å². The standard InChI is InChI=1S/C16H16/c1-3-9-15(10-4-1)13-7-8-14-16-11-5-2-6-12-16/h1-12H,13-14H2/b8-7-. The van der Waals surface area contributed by atoms with E-state index in [0.29, 0.717) is 0 Å². The third kappa shape index (κ3) is 3.39. The molecular weight excluding hydrogens is 192 g/mol. The molecule has 0 unspecified atom stereocenters. The zero-order chi connectivity index (χ0) is 11.1. The molecule has 80 valence electrons. The molecule has 0 saturated carbocycles. The summed E-state index contributed by atoms with van der Waals surface area (Å²) in [5.41, 5.74) is 2.73. The van der Waals surface area contributed by atoms with Crippen LogP contribution in [0.1, 0.15) is 11.1 Å². The molecule has 0 radical (unpaired) electrons. The molecule has 2 aromatic rings. The quantitative estimate of drug-likeness (QED) is 0.665. The summed E-state index contributed by atoms with van der Waals surface area (Å²) in [6, 6.07) is 21.1. The minimum absolute atomic E-state index is 1.02. The van der Waals surface area contributed by atoms with Gasteiger partial charge in [0.1, 0.15) is 0 Å². The molecule has 0 aliphatic carbocycles. The molecule has 0 atom stereocenters. The fourth-order valence-electron chi connectivity index (χ4n) is 1.67. The lowest BCUT2D eigenvalue weighted by Crippen LogP contribution is -1.81. The molecule has 0 fully saturated rings. The molecule has 0 N–H and O–H groups in total. The normalized spacial score (nSPS) is 10.8. The second kappa shape index (κ2) is 5.92. The van der Waals surface area contributed by atoms with Crippen LogP contribution in [0.15, 0.2) is 72.8 Å². The molecule has 0 amide bonds. The van der Waals surface area contributed by atoms with E-state index in [1.807, 2.05) is 0 Å². The predicted octanol–water partition coefficient (Wildman–Crippen LogP) is 4.03. The summed E-state index contributed by atoms with van der Waals surface area (Å²) in [6.07, 6.45) is 6.52. The number of benzene rings is 2. The Balaban J connectivity index is 1.83. The van der Waals surface area contributed by atoms with Gasteiger partial charge in [0.15, 0.2) is 0 Å². The van der Waals surface area contributed by atoms with Crippen LogP contribution >= 0.6 is 0 Å². The molecule has 0 heterocycles. The summed E-state index contributed by atoms with van der Waals surface area (Å²) in [6.45, 7) is 0. The molecular formula is C16H16. The van der Waals surface area contributed by atoms with Gasteiger partial charge in [0.05, 0.1) is 0 Å². The highest BCUT2D eigenvalue weighted by Crippen LogP contribution is 2.03. The number of hydrogen-bond acceptors (Lipinski definition) is 0. The maximum atomic E-state index is 2.24. The Bertz CT molecular complexity index is 383. The summed E-state index contributed by atoms with van der Waals surface area (Å²) in [5.74, 6) is 0. The maximum absolute atomic E-state index is 2.24. The largest absolute Gasteiger partial charge is 0.0838 e. The first kappa shape index (κ1) is 10.7. The molecule has 0 aliphatic rings. The van der Waals surface area contributed by atoms with Gasteiger partial charge in [-0.3, -0.25) is 0 Å². The van der Waals surface area contributed by atoms with Crippen LogP contribution in [-0.2, 0) is 12.8 Å². The highest BCUT2D eigenvalue weighted by atomic mass is 13.9. The Kier molecular flexibility index (Phi) is 3.95. The zero-order valence-corrected chi connectivity index (χ0v) is 9.34. The topological polar surface area (TPSA) is 0 Å². The van der Waals surface area contributed by atoms with E-state index in [0.717, 1.165) is 12.8 Å². The SMILES string of the molecule is C(=C/Cc1ccccc1)/Cc1ccccc1. The molecule has 0 heteroatoms. The third-order valence-corrected chi connectivity index (χ3v) is 2.56. The summed E-state index contributed by atoms with van der Waals surface area (Å²) in [7, 11) is 0. The number of hydrogen-bond donors (Lipinski definition) is 0. The zero-order valence-electron chi connectivity index (χ0n) is 9.34. The van der Waals surface area contributed by atoms with Crippen molar-refractivity contribution < 1.29 is 0 Å². The molecule has 0 saturated heterocycles. The number of allylic oxidation sites excluding steroid dienone is 2. The molecule has 0 aliphatic heterocycles. The highest BCUT2D eigenvalue weighted by molar-refractivity contribution is 5.20. The van der Waals surface area contributed by atoms with Gasteiger partial charge in [-0.1, -0.05) is 72.8 Å². The van der Waals surface area contributed by atoms with Crippen LogP contribution in [-0.4, -0.2) is 0 Å². The lowest BCUT2D eigenvalue weighted by atomic mass is 10.1. The smallest absolute Gasteiger partial charge is 0.00973 e. The van der Waals surface area contributed by atoms with E-state index in [-0.39, 0.29) is 0 Å². The minimum Gasteiger partial charge on any atom is -0.0838 e. The van der Waals surface area contributed by atoms with Crippen molar-refractivity contribution >= 4 is 0 Å². The Labute approximate surface area is 97.3 Å². The molecule has 0 aromatic heterocycles. The lowest BCUT2D eigenvalue weighted by Gasteiger charge is -1.96. The average molecular weight is 208 g/mol. The summed E-state index contributed by atoms with van der Waals surface area (Å²) >= 11 is 0. The van der Waals surface area contributed by atoms with E-state index in [1.54, 1.807) is 0 Å². The van der Waals surface area contributed by atoms with Crippen LogP contribution < -0.4 is 0 Å². The first-order valence-corrected chi connectivity index (χ1v) is 5.68. The van der Waals surface area contributed by atoms with E-state index < -0.39 is 0 Å². The molecule has 2 aromatic carbocycles. The van der Waals surface area contributed by atoms with Crippen molar-refractivity contribution in [1.82, 2.24) is 0 Å². The maximum Gasteiger partial charge on any atom is -0.00973 e. The van der Waals surface area contributed by atoms with Gasteiger partial charge in [0, 0.05) is 0 Å². The monoisotopic (exact) mass is 208 g/mol. The Morgan fingerprint density at radius 3 is 1.31 bits per heavy atom. The van der Waals surface area contributed by atoms with Crippen LogP contribution in [0.5, 0.6) is 0 Å². The first-order chi connectivity index (χ1) is 7.95. The summed E-state index contributed by atoms with van der Waals surface area (Å²) in [5, 5.41) is 0. The second-order valence-corrected chi connectivity index (χ2v) is 3.85. The van der Waals surface area contributed by atoms with Crippen molar-refractivity contribution in [3.8, 4) is 0 Å². The number of rotatable bonds is 4. The second-order valence-electron chi connectivity index (χ2n) is 3.85. The summed E-state index contributed by atoms with van der Waals surface area (Å²) < 4.78 is 0. The van der Waals surface area contributed by atoms with Gasteiger partial charge in [0.2, 0.25) is 0 Å². The van der Waals surface area contributed by atoms with Crippen molar-refractivity contribution in [3.05, 3.63) is 83.9 Å². The highest BCUT2D eigenvalue weighted by Gasteiger charge is 1.87. The van der Waals surface area contributed by atoms with E-state index >= 15 is 0 Å². The van der Waals surface area contributed by atoms with Crippen molar-refractivity contribution in [3.63, 3.8) is 0 Å². The van der Waals surface area contributed by atoms with Crippen molar-refractivity contribution in [2.75, 3.05) is 0 Å². The van der Waals surface area contributed by atoms with E-state index in [9.17, 15) is 0 Å². The van der Waals surface area contributed by atoms with Crippen LogP contribution in [0.4, 0.5) is 0 Å². The van der Waals surface area contributed by atoms with Gasteiger partial charge in [-0.2, -0.15) is 0 Å². The van der Waals surface area contributed by atoms with Crippen molar-refractivity contribution in [1.29, 1.82) is 0 Å². The first-order valence-electron chi connectivity index (χ1n) is 5.68. The van der Waals surface area contributed by atoms with Gasteiger partial charge in [-0.05, 0) is 24.0 Å². The van der Waals surface area contributed by atoms with E-state index in [2.05, 4.69) is 72.8 Å². The molecule has 2 rings (SSSR count). The van der Waals surface area contributed by atoms with Crippen LogP contribution in [0.3, 0.4) is 0 Å². The Morgan fingerprint density at radius 2 is 0.938 bits per heavy atom. The van der Waals surface area contributed by atoms with Gasteiger partial charge in [0.25, 0.3) is 0 Å². The molecule has 16 heavy (non-hydrogen) atoms. The van der Waals surface area contributed by atoms with Crippen LogP contribution in [0.25, 0.3) is 0 Å². The van der Waals surface area contributed by atoms with Gasteiger partial charge in [-0.25, -0.2) is 0 Å². The third-order valence-electron chi connectivity index (χ3n) is 2.56. The van der Waals surface area contributed by atoms with Crippen LogP contribution in [0, 0.1) is 0 Å². The van der Waals surface area contributed by atoms with E-state index in [4.69, 9.17) is 0 Å². The molecule has 0 bridgehead atoms. The van der Waals surface area contributed by atoms with Gasteiger partial charge >= 0.3 is 0 Å².